The zero-order chi connectivity index (χ0) is 26.9. The number of nitrogens with two attached hydrogens (primary N) is 1. The summed E-state index contributed by atoms with van der Waals surface area (Å²) >= 11 is 0. The molecule has 198 valence electrons. The topological polar surface area (TPSA) is 127 Å². The van der Waals surface area contributed by atoms with Gasteiger partial charge >= 0.3 is 0 Å². The predicted octanol–water partition coefficient (Wildman–Crippen LogP) is 3.18. The van der Waals surface area contributed by atoms with Crippen LogP contribution in [0, 0.1) is 0 Å². The maximum atomic E-state index is 12.8. The van der Waals surface area contributed by atoms with Crippen molar-refractivity contribution < 1.29 is 14.4 Å². The summed E-state index contributed by atoms with van der Waals surface area (Å²) in [4.78, 5) is 49.8. The van der Waals surface area contributed by atoms with Gasteiger partial charge in [-0.1, -0.05) is 36.4 Å². The minimum absolute atomic E-state index is 0.0312. The Morgan fingerprint density at radius 3 is 2.49 bits per heavy atom. The predicted molar refractivity (Wildman–Crippen MR) is 146 cm³/mol. The lowest BCUT2D eigenvalue weighted by atomic mass is 9.90. The minimum atomic E-state index is -0.0354. The van der Waals surface area contributed by atoms with Crippen molar-refractivity contribution >= 4 is 29.6 Å². The second kappa shape index (κ2) is 10.3. The number of aromatic nitrogens is 4. The van der Waals surface area contributed by atoms with Gasteiger partial charge in [0.15, 0.2) is 11.9 Å². The van der Waals surface area contributed by atoms with Crippen molar-refractivity contribution in [2.24, 2.45) is 0 Å². The molecule has 2 aliphatic rings. The molecule has 5 heterocycles. The Balaban J connectivity index is 1.25. The van der Waals surface area contributed by atoms with E-state index in [4.69, 9.17) is 10.7 Å². The number of carbonyl (C=O) groups is 3. The molecule has 0 atom stereocenters. The molecule has 0 spiro atoms. The molecule has 39 heavy (non-hydrogen) atoms. The molecule has 2 N–H and O–H groups in total. The zero-order valence-corrected chi connectivity index (χ0v) is 21.5. The van der Waals surface area contributed by atoms with Gasteiger partial charge in [0.2, 0.25) is 11.8 Å². The fourth-order valence-electron chi connectivity index (χ4n) is 5.55. The smallest absolute Gasteiger partial charge is 0.242 e. The highest BCUT2D eigenvalue weighted by atomic mass is 16.2. The SMILES string of the molecule is Nc1c(C=O)c(C2CCN(C(=O)CN3CCCC3=O)CC2)nc2c(-c3ccc(-c4ccccc4)nc3)cnn12. The first-order valence-corrected chi connectivity index (χ1v) is 13.2. The lowest BCUT2D eigenvalue weighted by Gasteiger charge is -2.33. The maximum Gasteiger partial charge on any atom is 0.242 e. The second-order valence-corrected chi connectivity index (χ2v) is 10.1. The Morgan fingerprint density at radius 1 is 1.03 bits per heavy atom. The van der Waals surface area contributed by atoms with Gasteiger partial charge in [0.1, 0.15) is 5.82 Å². The van der Waals surface area contributed by atoms with E-state index in [1.165, 1.54) is 4.52 Å². The molecule has 0 radical (unpaired) electrons. The summed E-state index contributed by atoms with van der Waals surface area (Å²) < 4.78 is 1.50. The van der Waals surface area contributed by atoms with Crippen LogP contribution in [0.15, 0.2) is 54.9 Å². The van der Waals surface area contributed by atoms with Crippen LogP contribution in [0.5, 0.6) is 0 Å². The van der Waals surface area contributed by atoms with Crippen LogP contribution in [0.3, 0.4) is 0 Å². The van der Waals surface area contributed by atoms with Crippen molar-refractivity contribution in [2.75, 3.05) is 31.9 Å². The Labute approximate surface area is 225 Å². The molecule has 2 aliphatic heterocycles. The summed E-state index contributed by atoms with van der Waals surface area (Å²) in [6.07, 6.45) is 6.85. The van der Waals surface area contributed by atoms with Gasteiger partial charge in [-0.3, -0.25) is 19.4 Å². The second-order valence-electron chi connectivity index (χ2n) is 10.1. The van der Waals surface area contributed by atoms with Crippen molar-refractivity contribution in [2.45, 2.75) is 31.6 Å². The van der Waals surface area contributed by atoms with Crippen LogP contribution in [0.4, 0.5) is 5.82 Å². The van der Waals surface area contributed by atoms with E-state index in [1.54, 1.807) is 22.2 Å². The van der Waals surface area contributed by atoms with Crippen LogP contribution in [0.1, 0.15) is 47.7 Å². The molecular formula is C29H29N7O3. The number of hydrogen-bond acceptors (Lipinski definition) is 7. The monoisotopic (exact) mass is 523 g/mol. The van der Waals surface area contributed by atoms with Crippen LogP contribution in [0.2, 0.25) is 0 Å². The molecule has 3 aromatic heterocycles. The lowest BCUT2D eigenvalue weighted by molar-refractivity contribution is -0.139. The quantitative estimate of drug-likeness (QED) is 0.385. The highest BCUT2D eigenvalue weighted by Crippen LogP contribution is 2.34. The summed E-state index contributed by atoms with van der Waals surface area (Å²) in [5, 5.41) is 4.42. The number of nitrogen functional groups attached to an aromatic ring is 1. The Bertz CT molecular complexity index is 1540. The van der Waals surface area contributed by atoms with Gasteiger partial charge in [-0.15, -0.1) is 0 Å². The van der Waals surface area contributed by atoms with Crippen LogP contribution >= 0.6 is 0 Å². The number of piperidine rings is 1. The molecule has 6 rings (SSSR count). The van der Waals surface area contributed by atoms with Gasteiger partial charge in [0.05, 0.1) is 29.7 Å². The van der Waals surface area contributed by atoms with E-state index in [9.17, 15) is 14.4 Å². The first kappa shape index (κ1) is 24.7. The van der Waals surface area contributed by atoms with E-state index in [0.717, 1.165) is 35.1 Å². The van der Waals surface area contributed by atoms with Gasteiger partial charge in [0.25, 0.3) is 0 Å². The van der Waals surface area contributed by atoms with E-state index in [1.807, 2.05) is 42.5 Å². The number of amides is 2. The standard InChI is InChI=1S/C29H29N7O3/c30-28-23(18-37)27(20-10-13-34(14-11-20)26(39)17-35-12-4-7-25(35)38)33-29-22(16-32-36(28)29)21-8-9-24(31-15-21)19-5-2-1-3-6-19/h1-3,5-6,8-9,15-16,18,20H,4,7,10-14,17,30H2. The van der Waals surface area contributed by atoms with Gasteiger partial charge in [-0.25, -0.2) is 4.98 Å². The van der Waals surface area contributed by atoms with E-state index in [-0.39, 0.29) is 30.1 Å². The largest absolute Gasteiger partial charge is 0.383 e. The number of nitrogens with zero attached hydrogens (tertiary/aromatic N) is 6. The van der Waals surface area contributed by atoms with Crippen LogP contribution in [-0.4, -0.2) is 73.7 Å². The first-order chi connectivity index (χ1) is 19.0. The van der Waals surface area contributed by atoms with Crippen LogP contribution in [0.25, 0.3) is 28.0 Å². The van der Waals surface area contributed by atoms with Gasteiger partial charge < -0.3 is 15.5 Å². The molecule has 10 heteroatoms. The summed E-state index contributed by atoms with van der Waals surface area (Å²) in [6.45, 7) is 1.85. The van der Waals surface area contributed by atoms with Gasteiger partial charge in [0, 0.05) is 54.9 Å². The average molecular weight is 524 g/mol. The molecule has 2 amide bonds. The Kier molecular flexibility index (Phi) is 6.52. The maximum absolute atomic E-state index is 12.8. The molecule has 4 aromatic rings. The van der Waals surface area contributed by atoms with Crippen LogP contribution in [-0.2, 0) is 9.59 Å². The molecule has 0 unspecified atom stereocenters. The first-order valence-electron chi connectivity index (χ1n) is 13.2. The molecule has 0 saturated carbocycles. The number of rotatable bonds is 6. The molecular weight excluding hydrogens is 494 g/mol. The van der Waals surface area contributed by atoms with Crippen molar-refractivity contribution in [1.29, 1.82) is 0 Å². The highest BCUT2D eigenvalue weighted by Gasteiger charge is 2.30. The van der Waals surface area contributed by atoms with Gasteiger partial charge in [-0.2, -0.15) is 9.61 Å². The fraction of sp³-hybridized carbons (Fsp3) is 0.310. The van der Waals surface area contributed by atoms with Crippen molar-refractivity contribution in [1.82, 2.24) is 29.4 Å². The molecule has 2 fully saturated rings. The third-order valence-corrected chi connectivity index (χ3v) is 7.74. The van der Waals surface area contributed by atoms with Crippen molar-refractivity contribution in [3.05, 3.63) is 66.1 Å². The summed E-state index contributed by atoms with van der Waals surface area (Å²) in [7, 11) is 0. The molecule has 10 nitrogen and oxygen atoms in total. The Morgan fingerprint density at radius 2 is 1.82 bits per heavy atom. The minimum Gasteiger partial charge on any atom is -0.383 e. The number of hydrogen-bond donors (Lipinski definition) is 1. The highest BCUT2D eigenvalue weighted by molar-refractivity contribution is 5.88. The van der Waals surface area contributed by atoms with E-state index < -0.39 is 0 Å². The number of benzene rings is 1. The Hall–Kier alpha value is -4.60. The lowest BCUT2D eigenvalue weighted by Crippen LogP contribution is -2.44. The molecule has 2 saturated heterocycles. The number of likely N-dealkylation sites (tertiary alicyclic amines) is 2. The van der Waals surface area contributed by atoms with E-state index in [0.29, 0.717) is 55.8 Å². The third-order valence-electron chi connectivity index (χ3n) is 7.74. The number of aldehydes is 1. The van der Waals surface area contributed by atoms with E-state index >= 15 is 0 Å². The van der Waals surface area contributed by atoms with Crippen molar-refractivity contribution in [3.8, 4) is 22.4 Å². The van der Waals surface area contributed by atoms with Crippen molar-refractivity contribution in [3.63, 3.8) is 0 Å². The van der Waals surface area contributed by atoms with Crippen LogP contribution < -0.4 is 5.73 Å². The van der Waals surface area contributed by atoms with Gasteiger partial charge in [-0.05, 0) is 25.3 Å². The summed E-state index contributed by atoms with van der Waals surface area (Å²) in [5.74, 6) is 0.225. The summed E-state index contributed by atoms with van der Waals surface area (Å²) in [6, 6.07) is 13.9. The normalized spacial score (nSPS) is 16.3. The average Bonchev–Trinajstić information content (AvgIpc) is 3.59. The van der Waals surface area contributed by atoms with E-state index in [2.05, 4.69) is 10.1 Å². The zero-order valence-electron chi connectivity index (χ0n) is 21.5. The molecule has 0 bridgehead atoms. The molecule has 1 aromatic carbocycles. The molecule has 0 aliphatic carbocycles. The summed E-state index contributed by atoms with van der Waals surface area (Å²) in [5.41, 5.74) is 11.5. The third kappa shape index (κ3) is 4.62. The fourth-order valence-corrected chi connectivity index (χ4v) is 5.55. The number of pyridine rings is 1. The number of carbonyl (C=O) groups excluding carboxylic acids is 3. The number of anilines is 1. The number of fused-ring (bicyclic) bond motifs is 1.